The number of carbonyl (C=O) groups is 1. The van der Waals surface area contributed by atoms with Crippen molar-refractivity contribution in [3.63, 3.8) is 0 Å². The quantitative estimate of drug-likeness (QED) is 0.408. The van der Waals surface area contributed by atoms with Crippen LogP contribution in [0, 0.1) is 23.5 Å². The molecule has 5 rings (SSSR count). The first kappa shape index (κ1) is 26.0. The van der Waals surface area contributed by atoms with Crippen LogP contribution in [-0.4, -0.2) is 39.6 Å². The summed E-state index contributed by atoms with van der Waals surface area (Å²) < 4.78 is 36.6. The fourth-order valence-corrected chi connectivity index (χ4v) is 7.46. The molecule has 1 unspecified atom stereocenters. The Morgan fingerprint density at radius 1 is 1.00 bits per heavy atom. The Balaban J connectivity index is 1.45. The number of halogens is 2. The second kappa shape index (κ2) is 12.2. The predicted molar refractivity (Wildman–Crippen MR) is 140 cm³/mol. The molecule has 5 nitrogen and oxygen atoms in total. The van der Waals surface area contributed by atoms with Crippen LogP contribution in [0.5, 0.6) is 0 Å². The Morgan fingerprint density at radius 3 is 2.44 bits per heavy atom. The fraction of sp³-hybridized carbons (Fsp3) is 0.714. The topological polar surface area (TPSA) is 56.2 Å². The van der Waals surface area contributed by atoms with Gasteiger partial charge in [0.2, 0.25) is 5.91 Å². The molecule has 2 saturated carbocycles. The number of imidazole rings is 1. The molecule has 1 aliphatic heterocycles. The Hall–Kier alpha value is -1.67. The molecule has 1 aromatic carbocycles. The van der Waals surface area contributed by atoms with Gasteiger partial charge in [-0.3, -0.25) is 4.79 Å². The van der Waals surface area contributed by atoms with Gasteiger partial charge in [-0.05, 0) is 68.3 Å². The summed E-state index contributed by atoms with van der Waals surface area (Å²) in [6.07, 6.45) is 13.2. The molecular formula is C28H39F2N3O2S. The van der Waals surface area contributed by atoms with Crippen molar-refractivity contribution in [1.29, 1.82) is 0 Å². The van der Waals surface area contributed by atoms with Crippen LogP contribution in [0.4, 0.5) is 8.78 Å². The van der Waals surface area contributed by atoms with E-state index in [9.17, 15) is 13.6 Å². The molecule has 0 radical (unpaired) electrons. The van der Waals surface area contributed by atoms with Crippen molar-refractivity contribution in [2.24, 2.45) is 11.8 Å². The van der Waals surface area contributed by atoms with Crippen molar-refractivity contribution in [3.05, 3.63) is 29.6 Å². The smallest absolute Gasteiger partial charge is 0.243 e. The molecule has 0 bridgehead atoms. The Morgan fingerprint density at radius 2 is 1.69 bits per heavy atom. The van der Waals surface area contributed by atoms with Crippen molar-refractivity contribution >= 4 is 28.7 Å². The lowest BCUT2D eigenvalue weighted by molar-refractivity contribution is -0.125. The lowest BCUT2D eigenvalue weighted by Gasteiger charge is -2.29. The third kappa shape index (κ3) is 6.24. The van der Waals surface area contributed by atoms with E-state index in [0.717, 1.165) is 56.1 Å². The molecular weight excluding hydrogens is 480 g/mol. The van der Waals surface area contributed by atoms with Gasteiger partial charge in [-0.15, -0.1) is 0 Å². The summed E-state index contributed by atoms with van der Waals surface area (Å²) in [4.78, 5) is 18.4. The molecule has 36 heavy (non-hydrogen) atoms. The minimum atomic E-state index is -0.918. The first-order chi connectivity index (χ1) is 17.6. The van der Waals surface area contributed by atoms with Gasteiger partial charge < -0.3 is 14.6 Å². The van der Waals surface area contributed by atoms with E-state index >= 15 is 0 Å². The lowest BCUT2D eigenvalue weighted by Crippen LogP contribution is -2.40. The predicted octanol–water partition coefficient (Wildman–Crippen LogP) is 6.54. The summed E-state index contributed by atoms with van der Waals surface area (Å²) in [5.41, 5.74) is 0.852. The molecule has 1 N–H and O–H groups in total. The number of aromatic nitrogens is 2. The van der Waals surface area contributed by atoms with Crippen molar-refractivity contribution in [3.8, 4) is 0 Å². The van der Waals surface area contributed by atoms with Gasteiger partial charge >= 0.3 is 0 Å². The molecule has 8 heteroatoms. The summed E-state index contributed by atoms with van der Waals surface area (Å²) in [5, 5.41) is 3.28. The minimum Gasteiger partial charge on any atom is -0.373 e. The van der Waals surface area contributed by atoms with Gasteiger partial charge in [-0.2, -0.15) is 11.8 Å². The zero-order valence-corrected chi connectivity index (χ0v) is 22.0. The van der Waals surface area contributed by atoms with E-state index in [4.69, 9.17) is 4.74 Å². The third-order valence-electron chi connectivity index (χ3n) is 8.33. The standard InChI is InChI=1S/C28H39F2N3O2S/c29-22-15-24-25(16-23(22)30)33(27(32-24)18-35-17-20-6-2-1-3-7-20)26(14-19-10-12-36-13-11-19)28(34)31-21-8-4-5-9-21/h15-16,19-21,26H,1-14,17-18H2,(H,31,34). The number of ether oxygens (including phenoxy) is 1. The first-order valence-electron chi connectivity index (χ1n) is 13.9. The zero-order chi connectivity index (χ0) is 24.9. The largest absolute Gasteiger partial charge is 0.373 e. The second-order valence-electron chi connectivity index (χ2n) is 11.0. The minimum absolute atomic E-state index is 0.0299. The molecule has 2 aliphatic carbocycles. The third-order valence-corrected chi connectivity index (χ3v) is 9.38. The van der Waals surface area contributed by atoms with Gasteiger partial charge in [-0.1, -0.05) is 32.1 Å². The maximum absolute atomic E-state index is 14.4. The van der Waals surface area contributed by atoms with Gasteiger partial charge in [0.1, 0.15) is 18.5 Å². The summed E-state index contributed by atoms with van der Waals surface area (Å²) in [6, 6.07) is 2.03. The van der Waals surface area contributed by atoms with Crippen LogP contribution >= 0.6 is 11.8 Å². The average Bonchev–Trinajstić information content (AvgIpc) is 3.52. The molecule has 1 amide bonds. The van der Waals surface area contributed by atoms with Gasteiger partial charge in [0.05, 0.1) is 11.0 Å². The number of rotatable bonds is 9. The number of nitrogens with one attached hydrogen (secondary N) is 1. The number of amides is 1. The van der Waals surface area contributed by atoms with Crippen LogP contribution in [0.2, 0.25) is 0 Å². The number of benzene rings is 1. The molecule has 1 saturated heterocycles. The number of hydrogen-bond acceptors (Lipinski definition) is 4. The van der Waals surface area contributed by atoms with Crippen molar-refractivity contribution in [1.82, 2.24) is 14.9 Å². The number of thioether (sulfide) groups is 1. The molecule has 0 spiro atoms. The molecule has 198 valence electrons. The second-order valence-corrected chi connectivity index (χ2v) is 12.2. The van der Waals surface area contributed by atoms with Crippen LogP contribution in [0.1, 0.15) is 88.9 Å². The molecule has 1 atom stereocenters. The molecule has 2 aromatic rings. The van der Waals surface area contributed by atoms with E-state index in [-0.39, 0.29) is 18.6 Å². The maximum atomic E-state index is 14.4. The highest BCUT2D eigenvalue weighted by molar-refractivity contribution is 7.99. The molecule has 3 aliphatic rings. The number of nitrogens with zero attached hydrogens (tertiary/aromatic N) is 2. The highest BCUT2D eigenvalue weighted by atomic mass is 32.2. The SMILES string of the molecule is O=C(NC1CCCC1)C(CC1CCSCC1)n1c(COCC2CCCCC2)nc2cc(F)c(F)cc21. The zero-order valence-electron chi connectivity index (χ0n) is 21.2. The average molecular weight is 520 g/mol. The number of fused-ring (bicyclic) bond motifs is 1. The Kier molecular flexibility index (Phi) is 8.83. The van der Waals surface area contributed by atoms with E-state index in [0.29, 0.717) is 41.7 Å². The highest BCUT2D eigenvalue weighted by Crippen LogP contribution is 2.34. The van der Waals surface area contributed by atoms with Gasteiger partial charge in [0.25, 0.3) is 0 Å². The van der Waals surface area contributed by atoms with Crippen molar-refractivity contribution in [2.45, 2.75) is 95.7 Å². The maximum Gasteiger partial charge on any atom is 0.243 e. The van der Waals surface area contributed by atoms with Crippen LogP contribution in [0.3, 0.4) is 0 Å². The molecule has 3 fully saturated rings. The van der Waals surface area contributed by atoms with Gasteiger partial charge in [-0.25, -0.2) is 13.8 Å². The van der Waals surface area contributed by atoms with Crippen LogP contribution in [0.15, 0.2) is 12.1 Å². The van der Waals surface area contributed by atoms with Gasteiger partial charge in [0.15, 0.2) is 11.6 Å². The highest BCUT2D eigenvalue weighted by Gasteiger charge is 2.32. The summed E-state index contributed by atoms with van der Waals surface area (Å²) >= 11 is 1.96. The summed E-state index contributed by atoms with van der Waals surface area (Å²) in [6.45, 7) is 0.896. The van der Waals surface area contributed by atoms with Crippen LogP contribution < -0.4 is 5.32 Å². The molecule has 2 heterocycles. The normalized spacial score (nSPS) is 21.3. The lowest BCUT2D eigenvalue weighted by atomic mass is 9.90. The van der Waals surface area contributed by atoms with Gasteiger partial charge in [0, 0.05) is 24.8 Å². The van der Waals surface area contributed by atoms with E-state index < -0.39 is 17.7 Å². The van der Waals surface area contributed by atoms with Crippen LogP contribution in [0.25, 0.3) is 11.0 Å². The van der Waals surface area contributed by atoms with Crippen molar-refractivity contribution < 1.29 is 18.3 Å². The fourth-order valence-electron chi connectivity index (χ4n) is 6.26. The van der Waals surface area contributed by atoms with E-state index in [1.54, 1.807) is 0 Å². The number of carbonyl (C=O) groups excluding carboxylic acids is 1. The van der Waals surface area contributed by atoms with Crippen LogP contribution in [-0.2, 0) is 16.1 Å². The summed E-state index contributed by atoms with van der Waals surface area (Å²) in [7, 11) is 0. The van der Waals surface area contributed by atoms with Crippen molar-refractivity contribution in [2.75, 3.05) is 18.1 Å². The first-order valence-corrected chi connectivity index (χ1v) is 15.1. The molecule has 1 aromatic heterocycles. The monoisotopic (exact) mass is 519 g/mol. The van der Waals surface area contributed by atoms with E-state index in [1.165, 1.54) is 38.2 Å². The van der Waals surface area contributed by atoms with E-state index in [1.807, 2.05) is 16.3 Å². The Labute approximate surface area is 217 Å². The summed E-state index contributed by atoms with van der Waals surface area (Å²) in [5.74, 6) is 1.89. The van der Waals surface area contributed by atoms with E-state index in [2.05, 4.69) is 10.3 Å². The Bertz CT molecular complexity index is 1030. The number of hydrogen-bond donors (Lipinski definition) is 1.